The Morgan fingerprint density at radius 3 is 1.10 bits per heavy atom. The quantitative estimate of drug-likeness (QED) is 0.0425. The zero-order valence-electron chi connectivity index (χ0n) is 38.0. The number of carbonyl (C=O) groups excluding carboxylic acids is 1. The first-order valence-corrected chi connectivity index (χ1v) is 24.4. The van der Waals surface area contributed by atoms with Gasteiger partial charge in [-0.3, -0.25) is 4.79 Å². The molecular weight excluding hydrogens is 711 g/mol. The molecule has 0 fully saturated rings. The average Bonchev–Trinajstić information content (AvgIpc) is 3.23. The number of carbonyl (C=O) groups is 1. The van der Waals surface area contributed by atoms with E-state index < -0.39 is 12.1 Å². The van der Waals surface area contributed by atoms with Gasteiger partial charge >= 0.3 is 0 Å². The van der Waals surface area contributed by atoms with Gasteiger partial charge < -0.3 is 15.5 Å². The Morgan fingerprint density at radius 2 is 0.759 bits per heavy atom. The number of hydrogen-bond acceptors (Lipinski definition) is 3. The molecule has 0 aromatic heterocycles. The van der Waals surface area contributed by atoms with Crippen LogP contribution in [-0.2, 0) is 4.79 Å². The van der Waals surface area contributed by atoms with Crippen molar-refractivity contribution in [2.45, 2.75) is 231 Å². The summed E-state index contributed by atoms with van der Waals surface area (Å²) < 4.78 is 0. The third-order valence-corrected chi connectivity index (χ3v) is 10.6. The minimum atomic E-state index is -0.685. The lowest BCUT2D eigenvalue weighted by Gasteiger charge is -2.22. The van der Waals surface area contributed by atoms with Gasteiger partial charge in [0.25, 0.3) is 0 Å². The zero-order chi connectivity index (χ0) is 42.1. The van der Waals surface area contributed by atoms with E-state index in [1.54, 1.807) is 0 Å². The molecule has 0 heterocycles. The van der Waals surface area contributed by atoms with Crippen molar-refractivity contribution in [2.24, 2.45) is 0 Å². The number of amides is 1. The van der Waals surface area contributed by atoms with Crippen LogP contribution in [0.15, 0.2) is 97.2 Å². The van der Waals surface area contributed by atoms with Crippen molar-refractivity contribution in [3.05, 3.63) is 97.2 Å². The molecule has 3 N–H and O–H groups in total. The van der Waals surface area contributed by atoms with E-state index in [0.717, 1.165) is 83.5 Å². The van der Waals surface area contributed by atoms with E-state index in [2.05, 4.69) is 116 Å². The Kier molecular flexibility index (Phi) is 46.4. The molecule has 0 aliphatic heterocycles. The predicted octanol–water partition coefficient (Wildman–Crippen LogP) is 15.8. The van der Waals surface area contributed by atoms with Gasteiger partial charge in [-0.25, -0.2) is 0 Å². The first kappa shape index (κ1) is 55.3. The molecule has 0 bridgehead atoms. The van der Waals surface area contributed by atoms with Crippen molar-refractivity contribution in [1.29, 1.82) is 0 Å². The maximum Gasteiger partial charge on any atom is 0.220 e. The topological polar surface area (TPSA) is 69.6 Å². The van der Waals surface area contributed by atoms with Crippen molar-refractivity contribution in [2.75, 3.05) is 6.61 Å². The number of rotatable bonds is 43. The second-order valence-corrected chi connectivity index (χ2v) is 16.2. The SMILES string of the molecule is CC/C=C\C/C=C\C/C=C\C/C=C\C/C=C\C/C=C\C/C=C\C/C=C\CCCCC(=O)NC(CO)C(O)CCCCCCCCCCCCCCCCCCCCC. The van der Waals surface area contributed by atoms with E-state index in [0.29, 0.717) is 12.8 Å². The third kappa shape index (κ3) is 44.4. The van der Waals surface area contributed by atoms with Crippen molar-refractivity contribution < 1.29 is 15.0 Å². The fraction of sp³-hybridized carbons (Fsp3) is 0.685. The van der Waals surface area contributed by atoms with Crippen LogP contribution in [0, 0.1) is 0 Å². The summed E-state index contributed by atoms with van der Waals surface area (Å²) in [5, 5.41) is 23.2. The second-order valence-electron chi connectivity index (χ2n) is 16.2. The summed E-state index contributed by atoms with van der Waals surface area (Å²) in [6.45, 7) is 4.23. The van der Waals surface area contributed by atoms with E-state index in [1.165, 1.54) is 109 Å². The molecule has 2 unspecified atom stereocenters. The number of hydrogen-bond donors (Lipinski definition) is 3. The van der Waals surface area contributed by atoms with Gasteiger partial charge in [-0.05, 0) is 77.0 Å². The van der Waals surface area contributed by atoms with Crippen LogP contribution in [0.2, 0.25) is 0 Å². The number of allylic oxidation sites excluding steroid dienone is 16. The maximum absolute atomic E-state index is 12.4. The highest BCUT2D eigenvalue weighted by Gasteiger charge is 2.19. The number of nitrogens with one attached hydrogen (secondary N) is 1. The third-order valence-electron chi connectivity index (χ3n) is 10.6. The molecule has 4 heteroatoms. The van der Waals surface area contributed by atoms with Gasteiger partial charge in [-0.2, -0.15) is 0 Å². The lowest BCUT2D eigenvalue weighted by atomic mass is 10.0. The van der Waals surface area contributed by atoms with Gasteiger partial charge in [0.2, 0.25) is 5.91 Å². The smallest absolute Gasteiger partial charge is 0.220 e. The second kappa shape index (κ2) is 48.7. The van der Waals surface area contributed by atoms with Crippen LogP contribution >= 0.6 is 0 Å². The normalized spacial score (nSPS) is 13.8. The Morgan fingerprint density at radius 1 is 0.431 bits per heavy atom. The highest BCUT2D eigenvalue weighted by atomic mass is 16.3. The Labute approximate surface area is 360 Å². The van der Waals surface area contributed by atoms with Crippen molar-refractivity contribution >= 4 is 5.91 Å². The van der Waals surface area contributed by atoms with Crippen molar-refractivity contribution in [3.63, 3.8) is 0 Å². The molecule has 0 saturated carbocycles. The standard InChI is InChI=1S/C54H93NO3/c1-3-5-7-9-11-13-15-17-19-21-23-24-25-26-27-28-29-30-32-34-36-38-40-42-44-46-48-50-54(58)55-52(51-56)53(57)49-47-45-43-41-39-37-35-33-31-22-20-18-16-14-12-10-8-6-4-2/h5,7,11,13,17,19,23-24,26-27,29-30,34,36,40,42,52-53,56-57H,3-4,6,8-10,12,14-16,18,20-22,25,28,31-33,35,37-39,41,43-51H2,1-2H3,(H,55,58)/b7-5-,13-11-,19-17-,24-23-,27-26-,30-29-,36-34-,42-40-. The Hall–Kier alpha value is -2.69. The summed E-state index contributed by atoms with van der Waals surface area (Å²) in [6, 6.07) is -0.567. The Balaban J connectivity index is 3.67. The number of aliphatic hydroxyl groups is 2. The molecule has 0 rings (SSSR count). The van der Waals surface area contributed by atoms with Crippen LogP contribution < -0.4 is 5.32 Å². The number of aliphatic hydroxyl groups excluding tert-OH is 2. The lowest BCUT2D eigenvalue weighted by molar-refractivity contribution is -0.123. The van der Waals surface area contributed by atoms with Crippen LogP contribution in [0.5, 0.6) is 0 Å². The molecule has 0 aliphatic rings. The number of unbranched alkanes of at least 4 members (excludes halogenated alkanes) is 20. The molecule has 0 saturated heterocycles. The van der Waals surface area contributed by atoms with E-state index in [-0.39, 0.29) is 12.5 Å². The van der Waals surface area contributed by atoms with Crippen LogP contribution in [0.4, 0.5) is 0 Å². The molecule has 0 spiro atoms. The molecule has 1 amide bonds. The minimum absolute atomic E-state index is 0.0763. The summed E-state index contributed by atoms with van der Waals surface area (Å²) in [5.41, 5.74) is 0. The summed E-state index contributed by atoms with van der Waals surface area (Å²) in [5.74, 6) is -0.0763. The summed E-state index contributed by atoms with van der Waals surface area (Å²) in [6.07, 6.45) is 72.1. The molecule has 332 valence electrons. The lowest BCUT2D eigenvalue weighted by Crippen LogP contribution is -2.45. The zero-order valence-corrected chi connectivity index (χ0v) is 38.0. The first-order valence-electron chi connectivity index (χ1n) is 24.4. The molecule has 0 radical (unpaired) electrons. The summed E-state index contributed by atoms with van der Waals surface area (Å²) in [7, 11) is 0. The van der Waals surface area contributed by atoms with E-state index in [1.807, 2.05) is 0 Å². The van der Waals surface area contributed by atoms with Gasteiger partial charge in [0.15, 0.2) is 0 Å². The highest BCUT2D eigenvalue weighted by molar-refractivity contribution is 5.76. The molecule has 4 nitrogen and oxygen atoms in total. The van der Waals surface area contributed by atoms with Gasteiger partial charge in [-0.1, -0.05) is 233 Å². The molecule has 0 aromatic carbocycles. The summed E-state index contributed by atoms with van der Waals surface area (Å²) in [4.78, 5) is 12.4. The Bertz CT molecular complexity index is 1090. The fourth-order valence-corrected chi connectivity index (χ4v) is 6.90. The first-order chi connectivity index (χ1) is 28.7. The van der Waals surface area contributed by atoms with Crippen molar-refractivity contribution in [1.82, 2.24) is 5.32 Å². The molecular formula is C54H93NO3. The minimum Gasteiger partial charge on any atom is -0.394 e. The van der Waals surface area contributed by atoms with E-state index >= 15 is 0 Å². The molecule has 2 atom stereocenters. The van der Waals surface area contributed by atoms with Gasteiger partial charge in [0, 0.05) is 6.42 Å². The highest BCUT2D eigenvalue weighted by Crippen LogP contribution is 2.16. The van der Waals surface area contributed by atoms with E-state index in [9.17, 15) is 15.0 Å². The van der Waals surface area contributed by atoms with Gasteiger partial charge in [0.05, 0.1) is 18.8 Å². The average molecular weight is 804 g/mol. The predicted molar refractivity (Wildman–Crippen MR) is 257 cm³/mol. The van der Waals surface area contributed by atoms with Crippen LogP contribution in [-0.4, -0.2) is 34.9 Å². The summed E-state index contributed by atoms with van der Waals surface area (Å²) >= 11 is 0. The molecule has 0 aliphatic carbocycles. The fourth-order valence-electron chi connectivity index (χ4n) is 6.90. The monoisotopic (exact) mass is 804 g/mol. The van der Waals surface area contributed by atoms with Gasteiger partial charge in [0.1, 0.15) is 0 Å². The maximum atomic E-state index is 12.4. The van der Waals surface area contributed by atoms with Crippen LogP contribution in [0.3, 0.4) is 0 Å². The molecule has 58 heavy (non-hydrogen) atoms. The van der Waals surface area contributed by atoms with Crippen molar-refractivity contribution in [3.8, 4) is 0 Å². The molecule has 0 aromatic rings. The largest absolute Gasteiger partial charge is 0.394 e. The van der Waals surface area contributed by atoms with Crippen LogP contribution in [0.25, 0.3) is 0 Å². The van der Waals surface area contributed by atoms with Crippen LogP contribution in [0.1, 0.15) is 219 Å². The van der Waals surface area contributed by atoms with Gasteiger partial charge in [-0.15, -0.1) is 0 Å². The van der Waals surface area contributed by atoms with E-state index in [4.69, 9.17) is 0 Å².